The van der Waals surface area contributed by atoms with Crippen LogP contribution in [0.4, 0.5) is 0 Å². The van der Waals surface area contributed by atoms with Crippen molar-refractivity contribution in [3.8, 4) is 0 Å². The molecule has 1 unspecified atom stereocenters. The zero-order valence-electron chi connectivity index (χ0n) is 21.9. The lowest BCUT2D eigenvalue weighted by Crippen LogP contribution is -2.27. The van der Waals surface area contributed by atoms with Gasteiger partial charge in [0.1, 0.15) is 0 Å². The van der Waals surface area contributed by atoms with Crippen LogP contribution >= 0.6 is 0 Å². The van der Waals surface area contributed by atoms with Gasteiger partial charge in [-0.25, -0.2) is 0 Å². The third kappa shape index (κ3) is 22.9. The van der Waals surface area contributed by atoms with E-state index in [9.17, 15) is 0 Å². The monoisotopic (exact) mass is 441 g/mol. The molecule has 0 saturated carbocycles. The molecule has 0 saturated heterocycles. The van der Waals surface area contributed by atoms with Gasteiger partial charge in [-0.3, -0.25) is 0 Å². The number of rotatable bonds is 26. The molecule has 31 heavy (non-hydrogen) atoms. The molecule has 1 N–H and O–H groups in total. The Morgan fingerprint density at radius 3 is 1.81 bits per heavy atom. The van der Waals surface area contributed by atoms with E-state index < -0.39 is 0 Å². The van der Waals surface area contributed by atoms with Crippen molar-refractivity contribution in [2.45, 2.75) is 136 Å². The van der Waals surface area contributed by atoms with Crippen LogP contribution in [0.15, 0.2) is 0 Å². The van der Waals surface area contributed by atoms with E-state index in [4.69, 9.17) is 9.84 Å². The number of ether oxygens (including phenoxy) is 1. The van der Waals surface area contributed by atoms with Gasteiger partial charge < -0.3 is 14.7 Å². The number of aliphatic hydroxyl groups excluding tert-OH is 1. The van der Waals surface area contributed by atoms with Crippen molar-refractivity contribution in [1.82, 2.24) is 4.90 Å². The van der Waals surface area contributed by atoms with Gasteiger partial charge in [0.15, 0.2) is 0 Å². The van der Waals surface area contributed by atoms with E-state index in [-0.39, 0.29) is 0 Å². The summed E-state index contributed by atoms with van der Waals surface area (Å²) in [5.74, 6) is 0.797. The van der Waals surface area contributed by atoms with Gasteiger partial charge >= 0.3 is 0 Å². The highest BCUT2D eigenvalue weighted by atomic mass is 16.5. The Bertz CT molecular complexity index is 316. The second-order valence-corrected chi connectivity index (χ2v) is 9.68. The van der Waals surface area contributed by atoms with Crippen molar-refractivity contribution < 1.29 is 9.84 Å². The number of unbranched alkanes of at least 4 members (excludes halogenated alkanes) is 11. The Hall–Kier alpha value is -0.120. The zero-order valence-corrected chi connectivity index (χ0v) is 21.9. The van der Waals surface area contributed by atoms with Crippen LogP contribution in [0.5, 0.6) is 0 Å². The van der Waals surface area contributed by atoms with Gasteiger partial charge in [0.05, 0.1) is 0 Å². The summed E-state index contributed by atoms with van der Waals surface area (Å²) < 4.78 is 6.06. The SMILES string of the molecule is CCCCCCC(CCCC)COCCCCCCCCCN(CCCC)CCCO. The van der Waals surface area contributed by atoms with Crippen LogP contribution in [0.2, 0.25) is 0 Å². The Balaban J connectivity index is 3.58. The predicted molar refractivity (Wildman–Crippen MR) is 138 cm³/mol. The smallest absolute Gasteiger partial charge is 0.0494 e. The first-order valence-corrected chi connectivity index (χ1v) is 14.2. The summed E-state index contributed by atoms with van der Waals surface area (Å²) in [7, 11) is 0. The van der Waals surface area contributed by atoms with Gasteiger partial charge in [-0.2, -0.15) is 0 Å². The summed E-state index contributed by atoms with van der Waals surface area (Å²) in [6.07, 6.45) is 23.7. The van der Waals surface area contributed by atoms with Gasteiger partial charge in [0.25, 0.3) is 0 Å². The first kappa shape index (κ1) is 30.9. The predicted octanol–water partition coefficient (Wildman–Crippen LogP) is 8.00. The van der Waals surface area contributed by atoms with Gasteiger partial charge in [-0.1, -0.05) is 97.8 Å². The lowest BCUT2D eigenvalue weighted by molar-refractivity contribution is 0.0881. The second kappa shape index (κ2) is 26.1. The third-order valence-corrected chi connectivity index (χ3v) is 6.51. The molecule has 0 radical (unpaired) electrons. The zero-order chi connectivity index (χ0) is 22.8. The molecule has 0 aromatic rings. The molecule has 0 aromatic carbocycles. The molecule has 3 nitrogen and oxygen atoms in total. The third-order valence-electron chi connectivity index (χ3n) is 6.51. The number of hydrogen-bond donors (Lipinski definition) is 1. The van der Waals surface area contributed by atoms with Crippen LogP contribution in [0.3, 0.4) is 0 Å². The Morgan fingerprint density at radius 2 is 1.13 bits per heavy atom. The fraction of sp³-hybridized carbons (Fsp3) is 1.00. The van der Waals surface area contributed by atoms with Crippen molar-refractivity contribution in [2.75, 3.05) is 39.5 Å². The highest BCUT2D eigenvalue weighted by Gasteiger charge is 2.08. The maximum Gasteiger partial charge on any atom is 0.0494 e. The van der Waals surface area contributed by atoms with Crippen LogP contribution in [-0.2, 0) is 4.74 Å². The molecule has 0 aromatic heterocycles. The van der Waals surface area contributed by atoms with Crippen molar-refractivity contribution in [3.63, 3.8) is 0 Å². The summed E-state index contributed by atoms with van der Waals surface area (Å²) in [5, 5.41) is 9.06. The molecule has 0 amide bonds. The van der Waals surface area contributed by atoms with Crippen LogP contribution < -0.4 is 0 Å². The van der Waals surface area contributed by atoms with E-state index >= 15 is 0 Å². The van der Waals surface area contributed by atoms with E-state index in [0.717, 1.165) is 32.1 Å². The molecule has 0 heterocycles. The summed E-state index contributed by atoms with van der Waals surface area (Å²) in [4.78, 5) is 2.55. The minimum atomic E-state index is 0.324. The fourth-order valence-corrected chi connectivity index (χ4v) is 4.35. The average molecular weight is 442 g/mol. The first-order valence-electron chi connectivity index (χ1n) is 14.2. The van der Waals surface area contributed by atoms with E-state index in [1.807, 2.05) is 0 Å². The highest BCUT2D eigenvalue weighted by molar-refractivity contribution is 4.60. The van der Waals surface area contributed by atoms with E-state index in [2.05, 4.69) is 25.7 Å². The molecular weight excluding hydrogens is 382 g/mol. The quantitative estimate of drug-likeness (QED) is 0.138. The Kier molecular flexibility index (Phi) is 26.0. The highest BCUT2D eigenvalue weighted by Crippen LogP contribution is 2.18. The second-order valence-electron chi connectivity index (χ2n) is 9.68. The molecule has 0 bridgehead atoms. The lowest BCUT2D eigenvalue weighted by atomic mass is 9.96. The molecule has 188 valence electrons. The van der Waals surface area contributed by atoms with Crippen LogP contribution in [0, 0.1) is 5.92 Å². The number of aliphatic hydroxyl groups is 1. The maximum absolute atomic E-state index is 9.06. The Labute approximate surface area is 196 Å². The molecule has 0 aliphatic rings. The Morgan fingerprint density at radius 1 is 0.581 bits per heavy atom. The van der Waals surface area contributed by atoms with Crippen LogP contribution in [-0.4, -0.2) is 49.5 Å². The normalized spacial score (nSPS) is 12.7. The average Bonchev–Trinajstić information content (AvgIpc) is 2.79. The largest absolute Gasteiger partial charge is 0.396 e. The van der Waals surface area contributed by atoms with Crippen LogP contribution in [0.25, 0.3) is 0 Å². The minimum absolute atomic E-state index is 0.324. The standard InChI is InChI=1S/C28H59NO2/c1-4-7-10-16-21-28(20-8-5-2)27-31-26-18-15-13-11-12-14-17-23-29(22-9-6-3)24-19-25-30/h28,30H,4-27H2,1-3H3. The number of hydrogen-bond acceptors (Lipinski definition) is 3. The fourth-order valence-electron chi connectivity index (χ4n) is 4.35. The van der Waals surface area contributed by atoms with Gasteiger partial charge in [0, 0.05) is 26.4 Å². The van der Waals surface area contributed by atoms with E-state index in [0.29, 0.717) is 6.61 Å². The molecule has 0 aliphatic carbocycles. The van der Waals surface area contributed by atoms with Gasteiger partial charge in [-0.05, 0) is 57.5 Å². The summed E-state index contributed by atoms with van der Waals surface area (Å²) in [6, 6.07) is 0. The van der Waals surface area contributed by atoms with E-state index in [1.165, 1.54) is 122 Å². The first-order chi connectivity index (χ1) is 15.3. The summed E-state index contributed by atoms with van der Waals surface area (Å²) in [5.41, 5.74) is 0. The summed E-state index contributed by atoms with van der Waals surface area (Å²) in [6.45, 7) is 12.6. The van der Waals surface area contributed by atoms with Gasteiger partial charge in [-0.15, -0.1) is 0 Å². The molecule has 0 fully saturated rings. The van der Waals surface area contributed by atoms with E-state index in [1.54, 1.807) is 0 Å². The number of nitrogens with zero attached hydrogens (tertiary/aromatic N) is 1. The van der Waals surface area contributed by atoms with Crippen molar-refractivity contribution in [1.29, 1.82) is 0 Å². The molecule has 0 aliphatic heterocycles. The molecule has 1 atom stereocenters. The van der Waals surface area contributed by atoms with Crippen LogP contribution in [0.1, 0.15) is 136 Å². The topological polar surface area (TPSA) is 32.7 Å². The lowest BCUT2D eigenvalue weighted by Gasteiger charge is -2.21. The molecule has 0 rings (SSSR count). The molecule has 3 heteroatoms. The van der Waals surface area contributed by atoms with Crippen molar-refractivity contribution in [2.24, 2.45) is 5.92 Å². The summed E-state index contributed by atoms with van der Waals surface area (Å²) >= 11 is 0. The molecule has 0 spiro atoms. The van der Waals surface area contributed by atoms with Crippen molar-refractivity contribution >= 4 is 0 Å². The van der Waals surface area contributed by atoms with Gasteiger partial charge in [0.2, 0.25) is 0 Å². The van der Waals surface area contributed by atoms with Crippen molar-refractivity contribution in [3.05, 3.63) is 0 Å². The maximum atomic E-state index is 9.06. The molecular formula is C28H59NO2. The minimum Gasteiger partial charge on any atom is -0.396 e.